The Kier molecular flexibility index (Phi) is 6.11. The molecule has 0 aliphatic rings. The van der Waals surface area contributed by atoms with Crippen LogP contribution in [0.1, 0.15) is 12.0 Å². The van der Waals surface area contributed by atoms with Gasteiger partial charge in [0.05, 0.1) is 7.11 Å². The highest BCUT2D eigenvalue weighted by Gasteiger charge is 2.08. The summed E-state index contributed by atoms with van der Waals surface area (Å²) < 4.78 is 18.5. The number of para-hydroxylation sites is 1. The molecular weight excluding hydrogens is 295 g/mol. The van der Waals surface area contributed by atoms with E-state index in [-0.39, 0.29) is 17.5 Å². The summed E-state index contributed by atoms with van der Waals surface area (Å²) in [6.45, 7) is 1.16. The van der Waals surface area contributed by atoms with E-state index in [0.29, 0.717) is 19.5 Å². The van der Waals surface area contributed by atoms with Crippen molar-refractivity contribution in [1.29, 1.82) is 0 Å². The molecule has 0 unspecified atom stereocenters. The van der Waals surface area contributed by atoms with Crippen LogP contribution in [0.15, 0.2) is 48.5 Å². The molecule has 0 aromatic heterocycles. The summed E-state index contributed by atoms with van der Waals surface area (Å²) in [5, 5.41) is 2.84. The second-order valence-electron chi connectivity index (χ2n) is 5.37. The van der Waals surface area contributed by atoms with Crippen LogP contribution in [-0.2, 0) is 11.3 Å². The molecule has 2 rings (SSSR count). The van der Waals surface area contributed by atoms with Crippen molar-refractivity contribution in [2.45, 2.75) is 13.0 Å². The van der Waals surface area contributed by atoms with E-state index < -0.39 is 0 Å². The lowest BCUT2D eigenvalue weighted by molar-refractivity contribution is -0.116. The fraction of sp³-hybridized carbons (Fsp3) is 0.278. The number of ether oxygens (including phenoxy) is 1. The van der Waals surface area contributed by atoms with Crippen LogP contribution in [0.25, 0.3) is 0 Å². The van der Waals surface area contributed by atoms with Gasteiger partial charge in [-0.15, -0.1) is 0 Å². The quantitative estimate of drug-likeness (QED) is 0.852. The summed E-state index contributed by atoms with van der Waals surface area (Å²) >= 11 is 0. The Morgan fingerprint density at radius 3 is 2.61 bits per heavy atom. The fourth-order valence-corrected chi connectivity index (χ4v) is 2.24. The minimum atomic E-state index is -0.375. The number of nitrogens with one attached hydrogen (secondary N) is 1. The van der Waals surface area contributed by atoms with E-state index >= 15 is 0 Å². The SMILES string of the molecule is COc1ccc(CN(C)CCC(=O)Nc2ccccc2)cc1F. The van der Waals surface area contributed by atoms with Gasteiger partial charge >= 0.3 is 0 Å². The first kappa shape index (κ1) is 17.0. The average molecular weight is 316 g/mol. The summed E-state index contributed by atoms with van der Waals surface area (Å²) in [4.78, 5) is 13.9. The number of hydrogen-bond donors (Lipinski definition) is 1. The second-order valence-corrected chi connectivity index (χ2v) is 5.37. The number of anilines is 1. The Balaban J connectivity index is 1.79. The van der Waals surface area contributed by atoms with Gasteiger partial charge in [0.15, 0.2) is 11.6 Å². The van der Waals surface area contributed by atoms with Gasteiger partial charge in [0.25, 0.3) is 0 Å². The molecule has 0 atom stereocenters. The molecule has 0 heterocycles. The van der Waals surface area contributed by atoms with Gasteiger partial charge in [-0.1, -0.05) is 24.3 Å². The molecule has 23 heavy (non-hydrogen) atoms. The van der Waals surface area contributed by atoms with E-state index in [1.54, 1.807) is 6.07 Å². The topological polar surface area (TPSA) is 41.6 Å². The predicted octanol–water partition coefficient (Wildman–Crippen LogP) is 3.29. The van der Waals surface area contributed by atoms with Gasteiger partial charge in [0.2, 0.25) is 5.91 Å². The summed E-state index contributed by atoms with van der Waals surface area (Å²) in [5.41, 5.74) is 1.63. The smallest absolute Gasteiger partial charge is 0.225 e. The lowest BCUT2D eigenvalue weighted by atomic mass is 10.2. The molecule has 122 valence electrons. The Morgan fingerprint density at radius 1 is 1.22 bits per heavy atom. The number of hydrogen-bond acceptors (Lipinski definition) is 3. The first-order chi connectivity index (χ1) is 11.1. The summed E-state index contributed by atoms with van der Waals surface area (Å²) in [6.07, 6.45) is 0.379. The number of carbonyl (C=O) groups excluding carboxylic acids is 1. The zero-order chi connectivity index (χ0) is 16.7. The molecule has 5 heteroatoms. The normalized spacial score (nSPS) is 10.6. The third kappa shape index (κ3) is 5.38. The minimum Gasteiger partial charge on any atom is -0.494 e. The van der Waals surface area contributed by atoms with Crippen LogP contribution in [0.4, 0.5) is 10.1 Å². The standard InChI is InChI=1S/C18H21FN2O2/c1-21(13-14-8-9-17(23-2)16(19)12-14)11-10-18(22)20-15-6-4-3-5-7-15/h3-9,12H,10-11,13H2,1-2H3,(H,20,22). The van der Waals surface area contributed by atoms with Crippen LogP contribution < -0.4 is 10.1 Å². The molecule has 0 radical (unpaired) electrons. The van der Waals surface area contributed by atoms with Crippen molar-refractivity contribution < 1.29 is 13.9 Å². The molecule has 2 aromatic rings. The van der Waals surface area contributed by atoms with Crippen molar-refractivity contribution in [2.75, 3.05) is 26.0 Å². The van der Waals surface area contributed by atoms with E-state index in [9.17, 15) is 9.18 Å². The lowest BCUT2D eigenvalue weighted by Crippen LogP contribution is -2.24. The maximum Gasteiger partial charge on any atom is 0.225 e. The number of amides is 1. The van der Waals surface area contributed by atoms with Gasteiger partial charge < -0.3 is 15.0 Å². The molecule has 0 fully saturated rings. The minimum absolute atomic E-state index is 0.0380. The van der Waals surface area contributed by atoms with Crippen molar-refractivity contribution in [2.24, 2.45) is 0 Å². The summed E-state index contributed by atoms with van der Waals surface area (Å²) in [6, 6.07) is 14.2. The number of rotatable bonds is 7. The molecule has 1 N–H and O–H groups in total. The molecule has 2 aromatic carbocycles. The highest BCUT2D eigenvalue weighted by atomic mass is 19.1. The van der Waals surface area contributed by atoms with Crippen LogP contribution in [0.2, 0.25) is 0 Å². The van der Waals surface area contributed by atoms with Gasteiger partial charge in [-0.25, -0.2) is 4.39 Å². The Hall–Kier alpha value is -2.40. The zero-order valence-electron chi connectivity index (χ0n) is 13.4. The first-order valence-electron chi connectivity index (χ1n) is 7.44. The summed E-state index contributed by atoms with van der Waals surface area (Å²) in [5.74, 6) is -0.178. The molecule has 0 aliphatic carbocycles. The number of halogens is 1. The van der Waals surface area contributed by atoms with Crippen molar-refractivity contribution >= 4 is 11.6 Å². The third-order valence-electron chi connectivity index (χ3n) is 3.45. The lowest BCUT2D eigenvalue weighted by Gasteiger charge is -2.17. The van der Waals surface area contributed by atoms with E-state index in [0.717, 1.165) is 11.3 Å². The third-order valence-corrected chi connectivity index (χ3v) is 3.45. The van der Waals surface area contributed by atoms with Crippen molar-refractivity contribution in [1.82, 2.24) is 4.90 Å². The maximum absolute atomic E-state index is 13.6. The van der Waals surface area contributed by atoms with Crippen LogP contribution >= 0.6 is 0 Å². The number of carbonyl (C=O) groups is 1. The van der Waals surface area contributed by atoms with Gasteiger partial charge in [0.1, 0.15) is 0 Å². The molecule has 0 saturated heterocycles. The van der Waals surface area contributed by atoms with Crippen molar-refractivity contribution in [3.63, 3.8) is 0 Å². The van der Waals surface area contributed by atoms with Crippen molar-refractivity contribution in [3.8, 4) is 5.75 Å². The number of benzene rings is 2. The molecule has 1 amide bonds. The van der Waals surface area contributed by atoms with Crippen LogP contribution in [-0.4, -0.2) is 31.5 Å². The van der Waals surface area contributed by atoms with Gasteiger partial charge in [-0.05, 0) is 36.9 Å². The zero-order valence-corrected chi connectivity index (χ0v) is 13.4. The highest BCUT2D eigenvalue weighted by molar-refractivity contribution is 5.90. The number of nitrogens with zero attached hydrogens (tertiary/aromatic N) is 1. The molecule has 0 bridgehead atoms. The Morgan fingerprint density at radius 2 is 1.96 bits per heavy atom. The fourth-order valence-electron chi connectivity index (χ4n) is 2.24. The van der Waals surface area contributed by atoms with E-state index in [1.165, 1.54) is 13.2 Å². The molecule has 0 spiro atoms. The Bertz CT molecular complexity index is 647. The van der Waals surface area contributed by atoms with Gasteiger partial charge in [-0.2, -0.15) is 0 Å². The van der Waals surface area contributed by atoms with Gasteiger partial charge in [-0.3, -0.25) is 4.79 Å². The first-order valence-corrected chi connectivity index (χ1v) is 7.44. The van der Waals surface area contributed by atoms with E-state index in [1.807, 2.05) is 48.3 Å². The number of methoxy groups -OCH3 is 1. The van der Waals surface area contributed by atoms with Crippen LogP contribution in [0.5, 0.6) is 5.75 Å². The molecule has 4 nitrogen and oxygen atoms in total. The second kappa shape index (κ2) is 8.29. The maximum atomic E-state index is 13.6. The molecular formula is C18H21FN2O2. The van der Waals surface area contributed by atoms with E-state index in [2.05, 4.69) is 5.32 Å². The van der Waals surface area contributed by atoms with Crippen LogP contribution in [0.3, 0.4) is 0 Å². The summed E-state index contributed by atoms with van der Waals surface area (Å²) in [7, 11) is 3.34. The highest BCUT2D eigenvalue weighted by Crippen LogP contribution is 2.18. The predicted molar refractivity (Wildman–Crippen MR) is 89.0 cm³/mol. The van der Waals surface area contributed by atoms with E-state index in [4.69, 9.17) is 4.74 Å². The largest absolute Gasteiger partial charge is 0.494 e. The molecule has 0 aliphatic heterocycles. The Labute approximate surface area is 135 Å². The van der Waals surface area contributed by atoms with Crippen LogP contribution in [0, 0.1) is 5.82 Å². The van der Waals surface area contributed by atoms with Gasteiger partial charge in [0, 0.05) is 25.2 Å². The molecule has 0 saturated carbocycles. The average Bonchev–Trinajstić information content (AvgIpc) is 2.54. The monoisotopic (exact) mass is 316 g/mol. The van der Waals surface area contributed by atoms with Crippen molar-refractivity contribution in [3.05, 3.63) is 59.9 Å².